The molecule has 0 N–H and O–H groups in total. The minimum atomic E-state index is -0.0529. The highest BCUT2D eigenvalue weighted by molar-refractivity contribution is 4.75. The van der Waals surface area contributed by atoms with Crippen molar-refractivity contribution in [3.8, 4) is 0 Å². The first-order valence-electron chi connectivity index (χ1n) is 6.27. The Kier molecular flexibility index (Phi) is 5.62. The van der Waals surface area contributed by atoms with E-state index in [4.69, 9.17) is 9.47 Å². The van der Waals surface area contributed by atoms with E-state index in [1.807, 2.05) is 6.92 Å². The molecule has 0 radical (unpaired) electrons. The molecular weight excluding hydrogens is 188 g/mol. The zero-order valence-electron chi connectivity index (χ0n) is 10.7. The molecule has 1 rings (SSSR count). The van der Waals surface area contributed by atoms with E-state index in [0.717, 1.165) is 24.4 Å². The Morgan fingerprint density at radius 2 is 2.00 bits per heavy atom. The molecule has 1 saturated carbocycles. The van der Waals surface area contributed by atoms with Crippen LogP contribution in [0.15, 0.2) is 0 Å². The minimum Gasteiger partial charge on any atom is -0.356 e. The van der Waals surface area contributed by atoms with Gasteiger partial charge in [0.15, 0.2) is 6.29 Å². The SMILES string of the molecule is COC(C)OCCC1CCC(C)CC1C. The molecule has 0 bridgehead atoms. The Morgan fingerprint density at radius 3 is 2.60 bits per heavy atom. The minimum absolute atomic E-state index is 0.0529. The first-order chi connectivity index (χ1) is 7.13. The fraction of sp³-hybridized carbons (Fsp3) is 1.00. The maximum absolute atomic E-state index is 5.55. The van der Waals surface area contributed by atoms with Crippen molar-refractivity contribution in [2.75, 3.05) is 13.7 Å². The summed E-state index contributed by atoms with van der Waals surface area (Å²) in [4.78, 5) is 0. The van der Waals surface area contributed by atoms with Gasteiger partial charge in [0, 0.05) is 13.7 Å². The molecule has 4 atom stereocenters. The third kappa shape index (κ3) is 4.52. The summed E-state index contributed by atoms with van der Waals surface area (Å²) in [5.74, 6) is 2.66. The molecule has 2 nitrogen and oxygen atoms in total. The fourth-order valence-electron chi connectivity index (χ4n) is 2.61. The van der Waals surface area contributed by atoms with E-state index in [-0.39, 0.29) is 6.29 Å². The number of methoxy groups -OCH3 is 1. The van der Waals surface area contributed by atoms with Gasteiger partial charge >= 0.3 is 0 Å². The molecule has 0 aromatic rings. The molecule has 0 heterocycles. The Hall–Kier alpha value is -0.0800. The maximum Gasteiger partial charge on any atom is 0.154 e. The molecule has 4 unspecified atom stereocenters. The topological polar surface area (TPSA) is 18.5 Å². The van der Waals surface area contributed by atoms with Crippen LogP contribution in [0.1, 0.15) is 46.5 Å². The zero-order chi connectivity index (χ0) is 11.3. The summed E-state index contributed by atoms with van der Waals surface area (Å²) in [6.45, 7) is 7.56. The summed E-state index contributed by atoms with van der Waals surface area (Å²) in [6, 6.07) is 0. The van der Waals surface area contributed by atoms with Gasteiger partial charge in [-0.2, -0.15) is 0 Å². The normalized spacial score (nSPS) is 34.0. The van der Waals surface area contributed by atoms with Crippen LogP contribution in [0.2, 0.25) is 0 Å². The van der Waals surface area contributed by atoms with Crippen LogP contribution in [-0.4, -0.2) is 20.0 Å². The lowest BCUT2D eigenvalue weighted by atomic mass is 9.74. The Labute approximate surface area is 94.3 Å². The summed E-state index contributed by atoms with van der Waals surface area (Å²) in [5.41, 5.74) is 0. The lowest BCUT2D eigenvalue weighted by molar-refractivity contribution is -0.115. The Balaban J connectivity index is 2.15. The molecule has 15 heavy (non-hydrogen) atoms. The molecule has 0 aromatic heterocycles. The van der Waals surface area contributed by atoms with Gasteiger partial charge < -0.3 is 9.47 Å². The monoisotopic (exact) mass is 214 g/mol. The van der Waals surface area contributed by atoms with Crippen molar-refractivity contribution >= 4 is 0 Å². The molecule has 0 amide bonds. The predicted octanol–water partition coefficient (Wildman–Crippen LogP) is 3.46. The Bertz CT molecular complexity index is 170. The smallest absolute Gasteiger partial charge is 0.154 e. The largest absolute Gasteiger partial charge is 0.356 e. The quantitative estimate of drug-likeness (QED) is 0.652. The lowest BCUT2D eigenvalue weighted by Gasteiger charge is -2.32. The van der Waals surface area contributed by atoms with Crippen molar-refractivity contribution in [3.05, 3.63) is 0 Å². The first-order valence-corrected chi connectivity index (χ1v) is 6.27. The summed E-state index contributed by atoms with van der Waals surface area (Å²) < 4.78 is 10.6. The van der Waals surface area contributed by atoms with Crippen molar-refractivity contribution in [2.24, 2.45) is 17.8 Å². The van der Waals surface area contributed by atoms with Gasteiger partial charge in [0.1, 0.15) is 0 Å². The van der Waals surface area contributed by atoms with Gasteiger partial charge in [-0.1, -0.05) is 20.3 Å². The highest BCUT2D eigenvalue weighted by atomic mass is 16.7. The summed E-state index contributed by atoms with van der Waals surface area (Å²) in [5, 5.41) is 0. The maximum atomic E-state index is 5.55. The van der Waals surface area contributed by atoms with Crippen molar-refractivity contribution in [1.29, 1.82) is 0 Å². The highest BCUT2D eigenvalue weighted by Gasteiger charge is 2.24. The van der Waals surface area contributed by atoms with Crippen molar-refractivity contribution in [1.82, 2.24) is 0 Å². The lowest BCUT2D eigenvalue weighted by Crippen LogP contribution is -2.23. The predicted molar refractivity (Wildman–Crippen MR) is 62.7 cm³/mol. The van der Waals surface area contributed by atoms with Gasteiger partial charge in [-0.3, -0.25) is 0 Å². The van der Waals surface area contributed by atoms with Crippen molar-refractivity contribution < 1.29 is 9.47 Å². The van der Waals surface area contributed by atoms with Crippen LogP contribution in [0, 0.1) is 17.8 Å². The van der Waals surface area contributed by atoms with Gasteiger partial charge in [-0.25, -0.2) is 0 Å². The van der Waals surface area contributed by atoms with Crippen LogP contribution in [-0.2, 0) is 9.47 Å². The van der Waals surface area contributed by atoms with E-state index < -0.39 is 0 Å². The molecule has 0 aromatic carbocycles. The highest BCUT2D eigenvalue weighted by Crippen LogP contribution is 2.35. The molecule has 1 aliphatic rings. The van der Waals surface area contributed by atoms with E-state index in [0.29, 0.717) is 0 Å². The third-order valence-electron chi connectivity index (χ3n) is 3.78. The summed E-state index contributed by atoms with van der Waals surface area (Å²) in [6.07, 6.45) is 5.32. The van der Waals surface area contributed by atoms with E-state index in [1.54, 1.807) is 7.11 Å². The van der Waals surface area contributed by atoms with Crippen LogP contribution in [0.25, 0.3) is 0 Å². The van der Waals surface area contributed by atoms with E-state index >= 15 is 0 Å². The van der Waals surface area contributed by atoms with Crippen LogP contribution >= 0.6 is 0 Å². The molecule has 1 fully saturated rings. The molecule has 0 aliphatic heterocycles. The zero-order valence-corrected chi connectivity index (χ0v) is 10.7. The number of ether oxygens (including phenoxy) is 2. The molecule has 2 heteroatoms. The van der Waals surface area contributed by atoms with Crippen LogP contribution in [0.3, 0.4) is 0 Å². The molecule has 90 valence electrons. The van der Waals surface area contributed by atoms with Gasteiger partial charge in [0.2, 0.25) is 0 Å². The average Bonchev–Trinajstić information content (AvgIpc) is 2.21. The fourth-order valence-corrected chi connectivity index (χ4v) is 2.61. The standard InChI is InChI=1S/C13H26O2/c1-10-5-6-13(11(2)9-10)7-8-15-12(3)14-4/h10-13H,5-9H2,1-4H3. The van der Waals surface area contributed by atoms with Crippen LogP contribution in [0.5, 0.6) is 0 Å². The van der Waals surface area contributed by atoms with Crippen molar-refractivity contribution in [3.63, 3.8) is 0 Å². The Morgan fingerprint density at radius 1 is 1.27 bits per heavy atom. The number of hydrogen-bond donors (Lipinski definition) is 0. The van der Waals surface area contributed by atoms with Crippen molar-refractivity contribution in [2.45, 2.75) is 52.7 Å². The van der Waals surface area contributed by atoms with Crippen LogP contribution in [0.4, 0.5) is 0 Å². The number of rotatable bonds is 5. The van der Waals surface area contributed by atoms with E-state index in [9.17, 15) is 0 Å². The average molecular weight is 214 g/mol. The second kappa shape index (κ2) is 6.49. The van der Waals surface area contributed by atoms with Gasteiger partial charge in [-0.05, 0) is 43.9 Å². The van der Waals surface area contributed by atoms with Gasteiger partial charge in [0.25, 0.3) is 0 Å². The summed E-state index contributed by atoms with van der Waals surface area (Å²) in [7, 11) is 1.69. The molecule has 1 aliphatic carbocycles. The molecular formula is C13H26O2. The third-order valence-corrected chi connectivity index (χ3v) is 3.78. The first kappa shape index (κ1) is 13.0. The van der Waals surface area contributed by atoms with Crippen LogP contribution < -0.4 is 0 Å². The van der Waals surface area contributed by atoms with E-state index in [2.05, 4.69) is 13.8 Å². The second-order valence-corrected chi connectivity index (χ2v) is 5.12. The molecule has 0 saturated heterocycles. The summed E-state index contributed by atoms with van der Waals surface area (Å²) >= 11 is 0. The van der Waals surface area contributed by atoms with E-state index in [1.165, 1.54) is 25.7 Å². The van der Waals surface area contributed by atoms with Gasteiger partial charge in [-0.15, -0.1) is 0 Å². The van der Waals surface area contributed by atoms with Gasteiger partial charge in [0.05, 0.1) is 0 Å². The molecule has 0 spiro atoms. The number of hydrogen-bond acceptors (Lipinski definition) is 2. The second-order valence-electron chi connectivity index (χ2n) is 5.12.